The number of hydrogen-bond donors (Lipinski definition) is 1. The number of halogens is 1. The quantitative estimate of drug-likeness (QED) is 0.936. The molecule has 0 saturated carbocycles. The van der Waals surface area contributed by atoms with E-state index in [1.807, 2.05) is 43.3 Å². The highest BCUT2D eigenvalue weighted by atomic mass is 35.5. The van der Waals surface area contributed by atoms with Gasteiger partial charge < -0.3 is 19.9 Å². The van der Waals surface area contributed by atoms with Crippen molar-refractivity contribution in [1.82, 2.24) is 0 Å². The lowest BCUT2D eigenvalue weighted by atomic mass is 10.1. The molecule has 110 valence electrons. The van der Waals surface area contributed by atoms with Crippen LogP contribution in [0.1, 0.15) is 24.1 Å². The van der Waals surface area contributed by atoms with E-state index in [1.54, 1.807) is 0 Å². The summed E-state index contributed by atoms with van der Waals surface area (Å²) in [4.78, 5) is 0. The van der Waals surface area contributed by atoms with Crippen LogP contribution < -0.4 is 19.9 Å². The van der Waals surface area contributed by atoms with Gasteiger partial charge in [-0.05, 0) is 42.3 Å². The van der Waals surface area contributed by atoms with E-state index in [1.165, 1.54) is 0 Å². The molecule has 0 bridgehead atoms. The molecule has 2 aromatic carbocycles. The van der Waals surface area contributed by atoms with E-state index in [9.17, 15) is 0 Å². The second kappa shape index (κ2) is 5.84. The number of fused-ring (bicyclic) bond motifs is 1. The molecule has 3 rings (SSSR count). The van der Waals surface area contributed by atoms with Crippen LogP contribution in [0.4, 0.5) is 0 Å². The van der Waals surface area contributed by atoms with Crippen molar-refractivity contribution in [2.24, 2.45) is 5.73 Å². The minimum Gasteiger partial charge on any atom is -0.487 e. The third-order valence-corrected chi connectivity index (χ3v) is 3.61. The zero-order valence-electron chi connectivity index (χ0n) is 11.6. The molecule has 2 N–H and O–H groups in total. The molecular formula is C16H16ClNO3. The number of rotatable bonds is 4. The zero-order chi connectivity index (χ0) is 14.8. The fraction of sp³-hybridized carbons (Fsp3) is 0.250. The molecule has 0 fully saturated rings. The maximum atomic E-state index is 6.21. The van der Waals surface area contributed by atoms with Crippen molar-refractivity contribution in [2.45, 2.75) is 19.6 Å². The van der Waals surface area contributed by atoms with Gasteiger partial charge in [0.05, 0.1) is 5.02 Å². The second-order valence-electron chi connectivity index (χ2n) is 4.95. The molecule has 0 radical (unpaired) electrons. The van der Waals surface area contributed by atoms with Crippen molar-refractivity contribution >= 4 is 11.6 Å². The summed E-state index contributed by atoms with van der Waals surface area (Å²) in [5.41, 5.74) is 7.80. The molecule has 1 atom stereocenters. The third-order valence-electron chi connectivity index (χ3n) is 3.31. The average Bonchev–Trinajstić information content (AvgIpc) is 2.93. The van der Waals surface area contributed by atoms with Gasteiger partial charge in [0.2, 0.25) is 6.79 Å². The van der Waals surface area contributed by atoms with Gasteiger partial charge in [-0.1, -0.05) is 23.7 Å². The minimum atomic E-state index is -0.0505. The maximum Gasteiger partial charge on any atom is 0.231 e. The van der Waals surface area contributed by atoms with Crippen molar-refractivity contribution < 1.29 is 14.2 Å². The molecule has 21 heavy (non-hydrogen) atoms. The highest BCUT2D eigenvalue weighted by Crippen LogP contribution is 2.33. The molecule has 1 heterocycles. The molecule has 1 aliphatic heterocycles. The van der Waals surface area contributed by atoms with Crippen LogP contribution in [0.3, 0.4) is 0 Å². The van der Waals surface area contributed by atoms with E-state index in [0.717, 1.165) is 22.6 Å². The van der Waals surface area contributed by atoms with Crippen molar-refractivity contribution in [3.05, 3.63) is 52.5 Å². The molecule has 0 unspecified atom stereocenters. The molecule has 1 aliphatic rings. The Labute approximate surface area is 128 Å². The van der Waals surface area contributed by atoms with E-state index in [4.69, 9.17) is 31.5 Å². The first-order valence-electron chi connectivity index (χ1n) is 6.70. The molecule has 0 aliphatic carbocycles. The minimum absolute atomic E-state index is 0.0505. The van der Waals surface area contributed by atoms with Crippen molar-refractivity contribution in [1.29, 1.82) is 0 Å². The monoisotopic (exact) mass is 305 g/mol. The summed E-state index contributed by atoms with van der Waals surface area (Å²) in [6.45, 7) is 2.59. The predicted molar refractivity (Wildman–Crippen MR) is 81.0 cm³/mol. The van der Waals surface area contributed by atoms with Gasteiger partial charge in [0.1, 0.15) is 12.4 Å². The summed E-state index contributed by atoms with van der Waals surface area (Å²) in [7, 11) is 0. The zero-order valence-corrected chi connectivity index (χ0v) is 12.4. The predicted octanol–water partition coefficient (Wildman–Crippen LogP) is 3.67. The summed E-state index contributed by atoms with van der Waals surface area (Å²) >= 11 is 6.21. The number of ether oxygens (including phenoxy) is 3. The van der Waals surface area contributed by atoms with Gasteiger partial charge in [-0.2, -0.15) is 0 Å². The van der Waals surface area contributed by atoms with Crippen LogP contribution in [0.5, 0.6) is 17.2 Å². The standard InChI is InChI=1S/C16H16ClNO3/c1-10(18)12-3-5-14(13(17)7-12)19-8-11-2-4-15-16(6-11)21-9-20-15/h2-7,10H,8-9,18H2,1H3/t10-/m0/s1. The fourth-order valence-corrected chi connectivity index (χ4v) is 2.35. The third kappa shape index (κ3) is 3.06. The molecule has 4 nitrogen and oxygen atoms in total. The van der Waals surface area contributed by atoms with E-state index < -0.39 is 0 Å². The summed E-state index contributed by atoms with van der Waals surface area (Å²) in [6.07, 6.45) is 0. The summed E-state index contributed by atoms with van der Waals surface area (Å²) in [5.74, 6) is 2.14. The molecule has 5 heteroatoms. The first-order chi connectivity index (χ1) is 10.1. The van der Waals surface area contributed by atoms with Crippen LogP contribution in [0.2, 0.25) is 5.02 Å². The van der Waals surface area contributed by atoms with Crippen LogP contribution in [-0.2, 0) is 6.61 Å². The Kier molecular flexibility index (Phi) is 3.90. The maximum absolute atomic E-state index is 6.21. The molecular weight excluding hydrogens is 290 g/mol. The summed E-state index contributed by atoms with van der Waals surface area (Å²) < 4.78 is 16.4. The van der Waals surface area contributed by atoms with Crippen LogP contribution >= 0.6 is 11.6 Å². The fourth-order valence-electron chi connectivity index (χ4n) is 2.11. The Morgan fingerprint density at radius 3 is 2.76 bits per heavy atom. The van der Waals surface area contributed by atoms with Gasteiger partial charge in [-0.15, -0.1) is 0 Å². The molecule has 0 saturated heterocycles. The number of benzene rings is 2. The normalized spacial score (nSPS) is 14.0. The van der Waals surface area contributed by atoms with Gasteiger partial charge in [-0.25, -0.2) is 0 Å². The Hall–Kier alpha value is -1.91. The van der Waals surface area contributed by atoms with Crippen LogP contribution in [0.25, 0.3) is 0 Å². The van der Waals surface area contributed by atoms with Crippen molar-refractivity contribution in [2.75, 3.05) is 6.79 Å². The Bertz CT molecular complexity index is 658. The van der Waals surface area contributed by atoms with Gasteiger partial charge >= 0.3 is 0 Å². The Morgan fingerprint density at radius 1 is 1.19 bits per heavy atom. The van der Waals surface area contributed by atoms with E-state index in [0.29, 0.717) is 17.4 Å². The van der Waals surface area contributed by atoms with E-state index in [2.05, 4.69) is 0 Å². The van der Waals surface area contributed by atoms with E-state index >= 15 is 0 Å². The lowest BCUT2D eigenvalue weighted by Crippen LogP contribution is -2.05. The number of hydrogen-bond acceptors (Lipinski definition) is 4. The smallest absolute Gasteiger partial charge is 0.231 e. The van der Waals surface area contributed by atoms with Crippen molar-refractivity contribution in [3.63, 3.8) is 0 Å². The Morgan fingerprint density at radius 2 is 2.00 bits per heavy atom. The first-order valence-corrected chi connectivity index (χ1v) is 7.07. The van der Waals surface area contributed by atoms with E-state index in [-0.39, 0.29) is 12.8 Å². The van der Waals surface area contributed by atoms with Gasteiger partial charge in [0.25, 0.3) is 0 Å². The van der Waals surface area contributed by atoms with Crippen LogP contribution in [-0.4, -0.2) is 6.79 Å². The van der Waals surface area contributed by atoms with Gasteiger partial charge in [0.15, 0.2) is 11.5 Å². The average molecular weight is 306 g/mol. The SMILES string of the molecule is C[C@H](N)c1ccc(OCc2ccc3c(c2)OCO3)c(Cl)c1. The molecule has 2 aromatic rings. The molecule has 0 amide bonds. The lowest BCUT2D eigenvalue weighted by molar-refractivity contribution is 0.174. The highest BCUT2D eigenvalue weighted by molar-refractivity contribution is 6.32. The Balaban J connectivity index is 1.70. The summed E-state index contributed by atoms with van der Waals surface area (Å²) in [5, 5.41) is 0.561. The summed E-state index contributed by atoms with van der Waals surface area (Å²) in [6, 6.07) is 11.3. The highest BCUT2D eigenvalue weighted by Gasteiger charge is 2.13. The molecule has 0 spiro atoms. The first kappa shape index (κ1) is 14.0. The largest absolute Gasteiger partial charge is 0.487 e. The lowest BCUT2D eigenvalue weighted by Gasteiger charge is -2.11. The van der Waals surface area contributed by atoms with Gasteiger partial charge in [-0.3, -0.25) is 0 Å². The number of nitrogens with two attached hydrogens (primary N) is 1. The second-order valence-corrected chi connectivity index (χ2v) is 5.36. The molecule has 0 aromatic heterocycles. The van der Waals surface area contributed by atoms with Crippen LogP contribution in [0, 0.1) is 0 Å². The van der Waals surface area contributed by atoms with Crippen molar-refractivity contribution in [3.8, 4) is 17.2 Å². The van der Waals surface area contributed by atoms with Crippen LogP contribution in [0.15, 0.2) is 36.4 Å². The van der Waals surface area contributed by atoms with Gasteiger partial charge in [0, 0.05) is 6.04 Å². The topological polar surface area (TPSA) is 53.7 Å².